The van der Waals surface area contributed by atoms with Gasteiger partial charge < -0.3 is 14.2 Å². The number of carbonyl (C=O) groups excluding carboxylic acids is 1. The molecule has 1 fully saturated rings. The quantitative estimate of drug-likeness (QED) is 0.186. The van der Waals surface area contributed by atoms with Crippen LogP contribution in [0.25, 0.3) is 6.08 Å². The van der Waals surface area contributed by atoms with E-state index in [1.165, 1.54) is 22.9 Å². The van der Waals surface area contributed by atoms with Gasteiger partial charge in [0.25, 0.3) is 5.91 Å². The second-order valence-corrected chi connectivity index (χ2v) is 9.74. The maximum Gasteiger partial charge on any atom is 0.270 e. The Labute approximate surface area is 215 Å². The number of thioether (sulfide) groups is 1. The predicted molar refractivity (Wildman–Crippen MR) is 147 cm³/mol. The highest BCUT2D eigenvalue weighted by Gasteiger charge is 2.33. The second kappa shape index (κ2) is 11.4. The van der Waals surface area contributed by atoms with Gasteiger partial charge in [-0.2, -0.15) is 0 Å². The van der Waals surface area contributed by atoms with Crippen LogP contribution in [-0.2, 0) is 4.79 Å². The first-order chi connectivity index (χ1) is 17.0. The summed E-state index contributed by atoms with van der Waals surface area (Å²) in [6.07, 6.45) is 2.56. The third-order valence-corrected chi connectivity index (χ3v) is 6.89. The Hall–Kier alpha value is -3.29. The van der Waals surface area contributed by atoms with Gasteiger partial charge in [-0.25, -0.2) is 0 Å². The smallest absolute Gasteiger partial charge is 0.270 e. The lowest BCUT2D eigenvalue weighted by Gasteiger charge is -2.14. The second-order valence-electron chi connectivity index (χ2n) is 8.06. The van der Waals surface area contributed by atoms with Crippen LogP contribution in [0.4, 0.5) is 5.69 Å². The van der Waals surface area contributed by atoms with Crippen molar-refractivity contribution >= 4 is 46.0 Å². The van der Waals surface area contributed by atoms with Crippen molar-refractivity contribution in [3.63, 3.8) is 0 Å². The Morgan fingerprint density at radius 3 is 2.43 bits per heavy atom. The molecule has 0 radical (unpaired) electrons. The summed E-state index contributed by atoms with van der Waals surface area (Å²) in [4.78, 5) is 15.1. The molecule has 0 unspecified atom stereocenters. The van der Waals surface area contributed by atoms with Crippen molar-refractivity contribution in [3.05, 3.63) is 88.3 Å². The van der Waals surface area contributed by atoms with Crippen LogP contribution in [-0.4, -0.2) is 30.6 Å². The van der Waals surface area contributed by atoms with Crippen LogP contribution >= 0.6 is 24.0 Å². The normalized spacial score (nSPS) is 14.5. The number of anilines is 1. The topological polar surface area (TPSA) is 48.0 Å². The molecule has 0 aliphatic carbocycles. The molecule has 0 spiro atoms. The number of nitrogens with zero attached hydrogens (tertiary/aromatic N) is 1. The van der Waals surface area contributed by atoms with Gasteiger partial charge in [-0.3, -0.25) is 9.69 Å². The molecule has 0 aromatic heterocycles. The standard InChI is InChI=1S/C28H27NO4S2/c1-19-10-12-23(16-20(19)2)32-14-7-15-33-24-13-11-21(17-25(24)31-3)18-26-27(30)29(28(34)35-26)22-8-5-4-6-9-22/h4-6,8-13,16-18H,7,14-15H2,1-3H3. The monoisotopic (exact) mass is 505 g/mol. The molecular weight excluding hydrogens is 478 g/mol. The summed E-state index contributed by atoms with van der Waals surface area (Å²) in [6.45, 7) is 5.22. The van der Waals surface area contributed by atoms with E-state index in [2.05, 4.69) is 19.9 Å². The summed E-state index contributed by atoms with van der Waals surface area (Å²) in [5, 5.41) is 0. The molecule has 180 valence electrons. The molecule has 1 aliphatic rings. The molecular formula is C28H27NO4S2. The molecule has 0 N–H and O–H groups in total. The lowest BCUT2D eigenvalue weighted by Crippen LogP contribution is -2.27. The zero-order valence-electron chi connectivity index (χ0n) is 19.9. The Morgan fingerprint density at radius 1 is 0.914 bits per heavy atom. The maximum atomic E-state index is 13.0. The molecule has 1 amide bonds. The van der Waals surface area contributed by atoms with E-state index in [0.717, 1.165) is 23.4 Å². The Balaban J connectivity index is 1.35. The molecule has 35 heavy (non-hydrogen) atoms. The van der Waals surface area contributed by atoms with Crippen LogP contribution in [0.1, 0.15) is 23.1 Å². The third kappa shape index (κ3) is 6.05. The number of methoxy groups -OCH3 is 1. The van der Waals surface area contributed by atoms with Crippen molar-refractivity contribution in [2.75, 3.05) is 25.2 Å². The van der Waals surface area contributed by atoms with Crippen molar-refractivity contribution in [3.8, 4) is 17.2 Å². The van der Waals surface area contributed by atoms with E-state index in [9.17, 15) is 4.79 Å². The summed E-state index contributed by atoms with van der Waals surface area (Å²) >= 11 is 6.74. The van der Waals surface area contributed by atoms with Crippen molar-refractivity contribution in [2.45, 2.75) is 20.3 Å². The fourth-order valence-corrected chi connectivity index (χ4v) is 4.85. The minimum atomic E-state index is -0.130. The van der Waals surface area contributed by atoms with Crippen molar-refractivity contribution in [1.29, 1.82) is 0 Å². The minimum absolute atomic E-state index is 0.130. The van der Waals surface area contributed by atoms with E-state index in [1.807, 2.05) is 66.7 Å². The van der Waals surface area contributed by atoms with Crippen molar-refractivity contribution in [2.24, 2.45) is 0 Å². The number of thiocarbonyl (C=S) groups is 1. The van der Waals surface area contributed by atoms with Crippen LogP contribution in [0.2, 0.25) is 0 Å². The lowest BCUT2D eigenvalue weighted by atomic mass is 10.1. The number of carbonyl (C=O) groups is 1. The summed E-state index contributed by atoms with van der Waals surface area (Å²) in [5.41, 5.74) is 4.06. The predicted octanol–water partition coefficient (Wildman–Crippen LogP) is 6.57. The van der Waals surface area contributed by atoms with Gasteiger partial charge in [-0.1, -0.05) is 54.3 Å². The van der Waals surface area contributed by atoms with Crippen LogP contribution in [0.5, 0.6) is 17.2 Å². The molecule has 1 saturated heterocycles. The zero-order valence-corrected chi connectivity index (χ0v) is 21.6. The average molecular weight is 506 g/mol. The minimum Gasteiger partial charge on any atom is -0.493 e. The number of amides is 1. The van der Waals surface area contributed by atoms with Gasteiger partial charge in [-0.05, 0) is 73.0 Å². The van der Waals surface area contributed by atoms with E-state index in [1.54, 1.807) is 12.0 Å². The molecule has 3 aromatic carbocycles. The first-order valence-electron chi connectivity index (χ1n) is 11.3. The first kappa shape index (κ1) is 24.8. The summed E-state index contributed by atoms with van der Waals surface area (Å²) < 4.78 is 17.8. The number of ether oxygens (including phenoxy) is 3. The Kier molecular flexibility index (Phi) is 8.10. The highest BCUT2D eigenvalue weighted by Crippen LogP contribution is 2.37. The van der Waals surface area contributed by atoms with E-state index >= 15 is 0 Å². The molecule has 0 bridgehead atoms. The number of para-hydroxylation sites is 1. The summed E-state index contributed by atoms with van der Waals surface area (Å²) in [5.74, 6) is 1.99. The largest absolute Gasteiger partial charge is 0.493 e. The fourth-order valence-electron chi connectivity index (χ4n) is 3.55. The molecule has 3 aromatic rings. The highest BCUT2D eigenvalue weighted by molar-refractivity contribution is 8.27. The van der Waals surface area contributed by atoms with Crippen molar-refractivity contribution in [1.82, 2.24) is 0 Å². The average Bonchev–Trinajstić information content (AvgIpc) is 3.14. The molecule has 0 atom stereocenters. The number of rotatable bonds is 9. The SMILES string of the molecule is COc1cc(C=C2SC(=S)N(c3ccccc3)C2=O)ccc1OCCCOc1ccc(C)c(C)c1. The molecule has 1 heterocycles. The van der Waals surface area contributed by atoms with E-state index in [4.69, 9.17) is 26.4 Å². The number of hydrogen-bond donors (Lipinski definition) is 0. The van der Waals surface area contributed by atoms with Gasteiger partial charge in [-0.15, -0.1) is 0 Å². The van der Waals surface area contributed by atoms with E-state index in [-0.39, 0.29) is 5.91 Å². The van der Waals surface area contributed by atoms with Crippen LogP contribution < -0.4 is 19.1 Å². The van der Waals surface area contributed by atoms with Crippen LogP contribution in [0.15, 0.2) is 71.6 Å². The maximum absolute atomic E-state index is 13.0. The van der Waals surface area contributed by atoms with Gasteiger partial charge >= 0.3 is 0 Å². The summed E-state index contributed by atoms with van der Waals surface area (Å²) in [6, 6.07) is 21.1. The first-order valence-corrected chi connectivity index (χ1v) is 12.5. The Bertz CT molecular complexity index is 1260. The molecule has 4 rings (SSSR count). The zero-order chi connectivity index (χ0) is 24.8. The van der Waals surface area contributed by atoms with Crippen LogP contribution in [0, 0.1) is 13.8 Å². The Morgan fingerprint density at radius 2 is 1.69 bits per heavy atom. The van der Waals surface area contributed by atoms with Gasteiger partial charge in [0, 0.05) is 6.42 Å². The van der Waals surface area contributed by atoms with E-state index < -0.39 is 0 Å². The molecule has 7 heteroatoms. The van der Waals surface area contributed by atoms with E-state index in [0.29, 0.717) is 33.9 Å². The molecule has 5 nitrogen and oxygen atoms in total. The number of hydrogen-bond acceptors (Lipinski definition) is 6. The number of aryl methyl sites for hydroxylation is 2. The highest BCUT2D eigenvalue weighted by atomic mass is 32.2. The van der Waals surface area contributed by atoms with Gasteiger partial charge in [0.05, 0.1) is 30.9 Å². The van der Waals surface area contributed by atoms with Gasteiger partial charge in [0.2, 0.25) is 0 Å². The third-order valence-electron chi connectivity index (χ3n) is 5.59. The number of benzene rings is 3. The lowest BCUT2D eigenvalue weighted by molar-refractivity contribution is -0.113. The fraction of sp³-hybridized carbons (Fsp3) is 0.214. The van der Waals surface area contributed by atoms with Gasteiger partial charge in [0.1, 0.15) is 5.75 Å². The molecule has 0 saturated carbocycles. The van der Waals surface area contributed by atoms with Gasteiger partial charge in [0.15, 0.2) is 15.8 Å². The van der Waals surface area contributed by atoms with Crippen LogP contribution in [0.3, 0.4) is 0 Å². The molecule has 1 aliphatic heterocycles. The summed E-state index contributed by atoms with van der Waals surface area (Å²) in [7, 11) is 1.60. The van der Waals surface area contributed by atoms with Crippen molar-refractivity contribution < 1.29 is 19.0 Å².